The monoisotopic (exact) mass is 902 g/mol. The highest BCUT2D eigenvalue weighted by Crippen LogP contribution is 2.72. The van der Waals surface area contributed by atoms with Crippen molar-refractivity contribution in [2.45, 2.75) is 164 Å². The van der Waals surface area contributed by atoms with E-state index in [2.05, 4.69) is 18.5 Å². The number of benzene rings is 1. The highest BCUT2D eigenvalue weighted by atomic mass is 19.1. The topological polar surface area (TPSA) is 152 Å². The summed E-state index contributed by atoms with van der Waals surface area (Å²) in [7, 11) is 1.27. The lowest BCUT2D eigenvalue weighted by atomic mass is 9.39. The molecule has 1 aliphatic heterocycles. The van der Waals surface area contributed by atoms with Crippen molar-refractivity contribution in [1.82, 2.24) is 19.7 Å². The molecule has 2 unspecified atom stereocenters. The van der Waals surface area contributed by atoms with Gasteiger partial charge in [-0.05, 0) is 166 Å². The number of nitrogens with zero attached hydrogens (tertiary/aromatic N) is 5. The fourth-order valence-corrected chi connectivity index (χ4v) is 12.0. The van der Waals surface area contributed by atoms with Crippen LogP contribution in [0.1, 0.15) is 152 Å². The first-order valence-corrected chi connectivity index (χ1v) is 22.8. The van der Waals surface area contributed by atoms with Crippen LogP contribution in [0.2, 0.25) is 0 Å². The summed E-state index contributed by atoms with van der Waals surface area (Å²) < 4.78 is 45.6. The molecule has 4 fully saturated rings. The molecule has 3 aromatic rings. The van der Waals surface area contributed by atoms with Gasteiger partial charge in [0.15, 0.2) is 5.69 Å². The molecule has 354 valence electrons. The first kappa shape index (κ1) is 47.9. The number of aromatic nitrogens is 3. The molecule has 4 aliphatic carbocycles. The van der Waals surface area contributed by atoms with Crippen molar-refractivity contribution in [3.8, 4) is 11.1 Å². The fourth-order valence-electron chi connectivity index (χ4n) is 12.0. The Balaban J connectivity index is 1.16. The summed E-state index contributed by atoms with van der Waals surface area (Å²) in [5, 5.41) is 4.97. The van der Waals surface area contributed by atoms with E-state index >= 15 is 0 Å². The second-order valence-electron chi connectivity index (χ2n) is 22.9. The Morgan fingerprint density at radius 3 is 2.00 bits per heavy atom. The van der Waals surface area contributed by atoms with Crippen LogP contribution in [0.25, 0.3) is 11.1 Å². The Bertz CT molecular complexity index is 2330. The van der Waals surface area contributed by atoms with E-state index in [0.29, 0.717) is 36.5 Å². The summed E-state index contributed by atoms with van der Waals surface area (Å²) in [5.41, 5.74) is 0.918. The molecule has 0 radical (unpaired) electrons. The van der Waals surface area contributed by atoms with E-state index in [1.807, 2.05) is 44.7 Å². The van der Waals surface area contributed by atoms with Crippen LogP contribution < -0.4 is 4.90 Å². The minimum Gasteiger partial charge on any atom is -0.465 e. The molecule has 1 aromatic carbocycles. The molecular formula is C50H68FN5O9. The normalized spacial score (nSPS) is 24.9. The minimum absolute atomic E-state index is 0.00772. The summed E-state index contributed by atoms with van der Waals surface area (Å²) in [4.78, 5) is 61.3. The molecule has 0 spiro atoms. The first-order chi connectivity index (χ1) is 30.0. The lowest BCUT2D eigenvalue weighted by molar-refractivity contribution is -0.248. The lowest BCUT2D eigenvalue weighted by Gasteiger charge is -2.69. The molecule has 0 N–H and O–H groups in total. The molecule has 4 bridgehead atoms. The molecule has 4 saturated carbocycles. The highest BCUT2D eigenvalue weighted by Gasteiger charge is 2.66. The van der Waals surface area contributed by atoms with Crippen molar-refractivity contribution in [1.29, 1.82) is 0 Å². The zero-order chi connectivity index (χ0) is 47.7. The number of carbonyl (C=O) groups excluding carboxylic acids is 4. The number of esters is 2. The highest BCUT2D eigenvalue weighted by molar-refractivity contribution is 5.96. The number of fused-ring (bicyclic) bond motifs is 1. The standard InChI is InChI=1S/C50H68FN5O9/c1-31-36(34-14-15-38(53-39(34)41(58)63-44(2,3)4)54-17-16-32-20-33(51)21-35(37(32)23-54)40(57)61-13)22-52-56(31)30-49-25-47(11)24-48(12,26-49)28-50(27-47,29-49)62-19-18-55(42(59)64-45(5,6)7)43(60)65-46(8,9)10/h14-15,20-22H,16-19,23-30H2,1-13H3. The van der Waals surface area contributed by atoms with Crippen molar-refractivity contribution in [2.24, 2.45) is 16.2 Å². The number of halogens is 1. The number of amides is 2. The van der Waals surface area contributed by atoms with E-state index in [9.17, 15) is 23.6 Å². The number of hydrogen-bond acceptors (Lipinski definition) is 12. The Hall–Kier alpha value is -5.05. The number of anilines is 1. The van der Waals surface area contributed by atoms with Gasteiger partial charge in [0, 0.05) is 36.5 Å². The van der Waals surface area contributed by atoms with Crippen molar-refractivity contribution in [3.05, 3.63) is 64.4 Å². The van der Waals surface area contributed by atoms with E-state index in [1.54, 1.807) is 47.7 Å². The predicted octanol–water partition coefficient (Wildman–Crippen LogP) is 10.0. The average molecular weight is 902 g/mol. The number of rotatable bonds is 10. The van der Waals surface area contributed by atoms with Crippen LogP contribution in [0.15, 0.2) is 30.5 Å². The second-order valence-corrected chi connectivity index (χ2v) is 22.9. The molecule has 2 amide bonds. The van der Waals surface area contributed by atoms with Crippen molar-refractivity contribution < 1.29 is 47.3 Å². The van der Waals surface area contributed by atoms with Gasteiger partial charge < -0.3 is 28.6 Å². The maximum atomic E-state index is 14.5. The number of pyridine rings is 1. The summed E-state index contributed by atoms with van der Waals surface area (Å²) in [6.45, 7) is 24.3. The van der Waals surface area contributed by atoms with E-state index < -0.39 is 52.3 Å². The van der Waals surface area contributed by atoms with Crippen LogP contribution >= 0.6 is 0 Å². The maximum absolute atomic E-state index is 14.5. The van der Waals surface area contributed by atoms with Gasteiger partial charge in [0.05, 0.1) is 37.6 Å². The molecule has 0 saturated heterocycles. The van der Waals surface area contributed by atoms with Crippen LogP contribution in [0.5, 0.6) is 0 Å². The molecule has 8 rings (SSSR count). The molecule has 2 aromatic heterocycles. The average Bonchev–Trinajstić information content (AvgIpc) is 3.49. The molecule has 3 heterocycles. The van der Waals surface area contributed by atoms with Crippen molar-refractivity contribution >= 4 is 29.9 Å². The molecule has 5 aliphatic rings. The SMILES string of the molecule is COC(=O)c1cc(F)cc2c1CN(c1ccc(-c3cnn(CC45CC6(C)CC(C)(C4)CC(OCCN(C(=O)OC(C)(C)C)C(=O)OC(C)(C)C)(C6)C5)c3C)c(C(=O)OC(C)(C)C)n1)CC2. The summed E-state index contributed by atoms with van der Waals surface area (Å²) in [6, 6.07) is 6.39. The Morgan fingerprint density at radius 2 is 1.42 bits per heavy atom. The van der Waals surface area contributed by atoms with Gasteiger partial charge >= 0.3 is 24.1 Å². The van der Waals surface area contributed by atoms with E-state index in [0.717, 1.165) is 60.2 Å². The van der Waals surface area contributed by atoms with E-state index in [1.165, 1.54) is 19.2 Å². The Kier molecular flexibility index (Phi) is 12.3. The van der Waals surface area contributed by atoms with E-state index in [4.69, 9.17) is 33.8 Å². The number of methoxy groups -OCH3 is 1. The maximum Gasteiger partial charge on any atom is 0.419 e. The first-order valence-electron chi connectivity index (χ1n) is 22.8. The Morgan fingerprint density at radius 1 is 0.800 bits per heavy atom. The van der Waals surface area contributed by atoms with Gasteiger partial charge in [-0.1, -0.05) is 13.8 Å². The van der Waals surface area contributed by atoms with E-state index in [-0.39, 0.29) is 47.2 Å². The summed E-state index contributed by atoms with van der Waals surface area (Å²) in [6.07, 6.45) is 6.35. The van der Waals surface area contributed by atoms with Gasteiger partial charge in [-0.2, -0.15) is 5.10 Å². The number of imide groups is 1. The van der Waals surface area contributed by atoms with Crippen LogP contribution in [0.4, 0.5) is 19.8 Å². The van der Waals surface area contributed by atoms with Crippen molar-refractivity contribution in [2.75, 3.05) is 31.7 Å². The molecule has 2 atom stereocenters. The van der Waals surface area contributed by atoms with Gasteiger partial charge in [-0.3, -0.25) is 4.68 Å². The smallest absolute Gasteiger partial charge is 0.419 e. The lowest BCUT2D eigenvalue weighted by Crippen LogP contribution is -2.64. The van der Waals surface area contributed by atoms with Gasteiger partial charge in [-0.25, -0.2) is 33.5 Å². The fraction of sp³-hybridized carbons (Fsp3) is 0.640. The zero-order valence-corrected chi connectivity index (χ0v) is 40.7. The summed E-state index contributed by atoms with van der Waals surface area (Å²) in [5.74, 6) is -1.17. The quantitative estimate of drug-likeness (QED) is 0.141. The molecule has 65 heavy (non-hydrogen) atoms. The van der Waals surface area contributed by atoms with Crippen LogP contribution in [0.3, 0.4) is 0 Å². The van der Waals surface area contributed by atoms with Crippen molar-refractivity contribution in [3.63, 3.8) is 0 Å². The minimum atomic E-state index is -0.807. The number of hydrogen-bond donors (Lipinski definition) is 0. The van der Waals surface area contributed by atoms with Crippen LogP contribution in [0, 0.1) is 29.0 Å². The van der Waals surface area contributed by atoms with Crippen LogP contribution in [-0.4, -0.2) is 93.0 Å². The third kappa shape index (κ3) is 10.5. The third-order valence-electron chi connectivity index (χ3n) is 13.0. The largest absolute Gasteiger partial charge is 0.465 e. The van der Waals surface area contributed by atoms with Gasteiger partial charge in [0.1, 0.15) is 28.4 Å². The number of ether oxygens (including phenoxy) is 5. The van der Waals surface area contributed by atoms with Gasteiger partial charge in [0.2, 0.25) is 0 Å². The van der Waals surface area contributed by atoms with Gasteiger partial charge in [0.25, 0.3) is 0 Å². The molecular weight excluding hydrogens is 834 g/mol. The second kappa shape index (κ2) is 16.7. The summed E-state index contributed by atoms with van der Waals surface area (Å²) >= 11 is 0. The van der Waals surface area contributed by atoms with Crippen LogP contribution in [-0.2, 0) is 43.2 Å². The number of carbonyl (C=O) groups is 4. The molecule has 15 heteroatoms. The predicted molar refractivity (Wildman–Crippen MR) is 242 cm³/mol. The third-order valence-corrected chi connectivity index (χ3v) is 13.0. The Labute approximate surface area is 382 Å². The van der Waals surface area contributed by atoms with Gasteiger partial charge in [-0.15, -0.1) is 0 Å². The zero-order valence-electron chi connectivity index (χ0n) is 40.7. The molecule has 14 nitrogen and oxygen atoms in total.